The molecule has 2 aliphatic rings. The Morgan fingerprint density at radius 1 is 0.655 bits per heavy atom. The predicted molar refractivity (Wildman–Crippen MR) is 93.0 cm³/mol. The van der Waals surface area contributed by atoms with Crippen molar-refractivity contribution in [2.75, 3.05) is 0 Å². The highest BCUT2D eigenvalue weighted by atomic mass is 16.7. The van der Waals surface area contributed by atoms with E-state index in [2.05, 4.69) is 18.9 Å². The molecule has 0 aromatic heterocycles. The summed E-state index contributed by atoms with van der Waals surface area (Å²) in [5.74, 6) is 0.322. The third-order valence-corrected chi connectivity index (χ3v) is 4.32. The molecule has 0 saturated heterocycles. The summed E-state index contributed by atoms with van der Waals surface area (Å²) < 4.78 is 18.1. The lowest BCUT2D eigenvalue weighted by Crippen LogP contribution is -2.39. The minimum absolute atomic E-state index is 0.322. The third kappa shape index (κ3) is 9.53. The Kier molecular flexibility index (Phi) is 9.56. The molecule has 0 aliphatic heterocycles. The van der Waals surface area contributed by atoms with Gasteiger partial charge in [-0.2, -0.15) is 0 Å². The van der Waals surface area contributed by atoms with Crippen LogP contribution in [-0.2, 0) is 18.9 Å². The first-order chi connectivity index (χ1) is 13.6. The molecule has 2 aliphatic carbocycles. The molecule has 0 amide bonds. The first-order valence-electron chi connectivity index (χ1n) is 8.81. The zero-order chi connectivity index (χ0) is 22.0. The molecule has 0 aromatic carbocycles. The molecule has 12 nitrogen and oxygen atoms in total. The van der Waals surface area contributed by atoms with Crippen LogP contribution in [-0.4, -0.2) is 69.5 Å². The second kappa shape index (κ2) is 11.6. The molecule has 1 saturated carbocycles. The maximum absolute atomic E-state index is 10.4. The fraction of sp³-hybridized carbons (Fsp3) is 0.647. The van der Waals surface area contributed by atoms with Crippen LogP contribution >= 0.6 is 0 Å². The van der Waals surface area contributed by atoms with Gasteiger partial charge in [-0.25, -0.2) is 19.2 Å². The largest absolute Gasteiger partial charge is 0.506 e. The van der Waals surface area contributed by atoms with Crippen LogP contribution < -0.4 is 0 Å². The fourth-order valence-electron chi connectivity index (χ4n) is 3.09. The van der Waals surface area contributed by atoms with Crippen LogP contribution in [0.2, 0.25) is 0 Å². The average molecular weight is 420 g/mol. The second-order valence-electron chi connectivity index (χ2n) is 6.55. The fourth-order valence-corrected chi connectivity index (χ4v) is 3.09. The number of hydrogen-bond donors (Lipinski definition) is 4. The molecule has 0 heterocycles. The summed E-state index contributed by atoms with van der Waals surface area (Å²) in [4.78, 5) is 41.2. The van der Waals surface area contributed by atoms with Gasteiger partial charge in [0.15, 0.2) is 0 Å². The third-order valence-electron chi connectivity index (χ3n) is 4.32. The summed E-state index contributed by atoms with van der Waals surface area (Å²) in [5, 5.41) is 33.7. The molecule has 164 valence electrons. The summed E-state index contributed by atoms with van der Waals surface area (Å²) in [6.07, 6.45) is -2.51. The molecule has 0 spiro atoms. The monoisotopic (exact) mass is 420 g/mol. The van der Waals surface area contributed by atoms with E-state index in [-0.39, 0.29) is 0 Å². The van der Waals surface area contributed by atoms with Crippen molar-refractivity contribution in [2.45, 2.75) is 63.4 Å². The van der Waals surface area contributed by atoms with Crippen LogP contribution in [0.3, 0.4) is 0 Å². The Morgan fingerprint density at radius 2 is 1.03 bits per heavy atom. The van der Waals surface area contributed by atoms with E-state index in [0.29, 0.717) is 31.6 Å². The second-order valence-corrected chi connectivity index (χ2v) is 6.55. The van der Waals surface area contributed by atoms with Crippen LogP contribution in [0.4, 0.5) is 19.2 Å². The molecule has 1 fully saturated rings. The van der Waals surface area contributed by atoms with Crippen LogP contribution in [0.1, 0.15) is 39.0 Å². The Labute approximate surface area is 165 Å². The standard InChI is InChI=1S/C9H14O6.C8H10O6/c1-5-2-3-6(14-8(10)11)7(4-5)15-9(12)13;9-7(10)13-5-3-1-2-4-6(5)14-8(11)12/h5-7H,2-4H2,1H3,(H,10,11)(H,12,13);1-2,5-6H,3-4H2,(H,9,10)(H,11,12). The minimum atomic E-state index is -1.43. The van der Waals surface area contributed by atoms with E-state index in [1.54, 1.807) is 12.2 Å². The van der Waals surface area contributed by atoms with Gasteiger partial charge >= 0.3 is 24.6 Å². The normalized spacial score (nSPS) is 28.1. The van der Waals surface area contributed by atoms with Crippen molar-refractivity contribution in [2.24, 2.45) is 5.92 Å². The highest BCUT2D eigenvalue weighted by Crippen LogP contribution is 2.28. The van der Waals surface area contributed by atoms with Gasteiger partial charge in [0.1, 0.15) is 24.4 Å². The predicted octanol–water partition coefficient (Wildman–Crippen LogP) is 3.40. The van der Waals surface area contributed by atoms with Crippen LogP contribution in [0.25, 0.3) is 0 Å². The molecular weight excluding hydrogens is 396 g/mol. The van der Waals surface area contributed by atoms with Crippen molar-refractivity contribution in [3.63, 3.8) is 0 Å². The SMILES string of the molecule is CC1CCC(OC(=O)O)C(OC(=O)O)C1.O=C(O)OC1CC=CCC1OC(=O)O. The van der Waals surface area contributed by atoms with Crippen LogP contribution in [0.5, 0.6) is 0 Å². The maximum atomic E-state index is 10.4. The first kappa shape index (κ1) is 23.9. The van der Waals surface area contributed by atoms with E-state index in [1.807, 2.05) is 6.92 Å². The molecule has 2 rings (SSSR count). The summed E-state index contributed by atoms with van der Waals surface area (Å²) in [6, 6.07) is 0. The van der Waals surface area contributed by atoms with Crippen molar-refractivity contribution in [1.29, 1.82) is 0 Å². The average Bonchev–Trinajstić information content (AvgIpc) is 2.58. The van der Waals surface area contributed by atoms with Crippen LogP contribution in [0.15, 0.2) is 12.2 Å². The highest BCUT2D eigenvalue weighted by Gasteiger charge is 2.34. The van der Waals surface area contributed by atoms with Gasteiger partial charge in [-0.3, -0.25) is 0 Å². The van der Waals surface area contributed by atoms with Crippen molar-refractivity contribution >= 4 is 24.6 Å². The highest BCUT2D eigenvalue weighted by molar-refractivity contribution is 5.59. The van der Waals surface area contributed by atoms with Crippen molar-refractivity contribution in [3.05, 3.63) is 12.2 Å². The van der Waals surface area contributed by atoms with E-state index in [4.69, 9.17) is 20.4 Å². The summed E-state index contributed by atoms with van der Waals surface area (Å²) in [6.45, 7) is 1.97. The molecule has 29 heavy (non-hydrogen) atoms. The van der Waals surface area contributed by atoms with Crippen molar-refractivity contribution < 1.29 is 58.6 Å². The Morgan fingerprint density at radius 3 is 1.45 bits per heavy atom. The summed E-state index contributed by atoms with van der Waals surface area (Å²) >= 11 is 0. The topological polar surface area (TPSA) is 186 Å². The number of carbonyl (C=O) groups is 4. The Balaban J connectivity index is 0.000000291. The van der Waals surface area contributed by atoms with Gasteiger partial charge in [-0.15, -0.1) is 0 Å². The zero-order valence-corrected chi connectivity index (χ0v) is 15.6. The Hall–Kier alpha value is -3.18. The molecule has 0 aromatic rings. The van der Waals surface area contributed by atoms with Gasteiger partial charge in [0, 0.05) is 12.8 Å². The van der Waals surface area contributed by atoms with E-state index in [0.717, 1.165) is 6.42 Å². The summed E-state index contributed by atoms with van der Waals surface area (Å²) in [5.41, 5.74) is 0. The number of ether oxygens (including phenoxy) is 4. The molecule has 4 N–H and O–H groups in total. The van der Waals surface area contributed by atoms with Gasteiger partial charge in [0.05, 0.1) is 0 Å². The number of hydrogen-bond acceptors (Lipinski definition) is 8. The van der Waals surface area contributed by atoms with Gasteiger partial charge in [-0.1, -0.05) is 19.1 Å². The van der Waals surface area contributed by atoms with Gasteiger partial charge in [-0.05, 0) is 25.2 Å². The lowest BCUT2D eigenvalue weighted by atomic mass is 9.86. The van der Waals surface area contributed by atoms with Gasteiger partial charge in [0.2, 0.25) is 0 Å². The van der Waals surface area contributed by atoms with E-state index < -0.39 is 49.0 Å². The van der Waals surface area contributed by atoms with Gasteiger partial charge < -0.3 is 39.4 Å². The molecule has 12 heteroatoms. The molecule has 0 bridgehead atoms. The Bertz CT molecular complexity index is 590. The smallest absolute Gasteiger partial charge is 0.450 e. The van der Waals surface area contributed by atoms with E-state index in [1.165, 1.54) is 0 Å². The minimum Gasteiger partial charge on any atom is -0.450 e. The van der Waals surface area contributed by atoms with Gasteiger partial charge in [0.25, 0.3) is 0 Å². The first-order valence-corrected chi connectivity index (χ1v) is 8.81. The molecule has 0 radical (unpaired) electrons. The number of rotatable bonds is 4. The van der Waals surface area contributed by atoms with E-state index in [9.17, 15) is 19.2 Å². The summed E-state index contributed by atoms with van der Waals surface area (Å²) in [7, 11) is 0. The molecule has 5 atom stereocenters. The lowest BCUT2D eigenvalue weighted by molar-refractivity contribution is -0.0663. The van der Waals surface area contributed by atoms with Crippen molar-refractivity contribution in [1.82, 2.24) is 0 Å². The molecule has 5 unspecified atom stereocenters. The lowest BCUT2D eigenvalue weighted by Gasteiger charge is -2.32. The number of carboxylic acid groups (broad SMARTS) is 4. The molecular formula is C17H24O12. The zero-order valence-electron chi connectivity index (χ0n) is 15.6. The van der Waals surface area contributed by atoms with Crippen LogP contribution in [0, 0.1) is 5.92 Å². The quantitative estimate of drug-likeness (QED) is 0.295. The van der Waals surface area contributed by atoms with E-state index >= 15 is 0 Å². The maximum Gasteiger partial charge on any atom is 0.506 e. The van der Waals surface area contributed by atoms with Crippen molar-refractivity contribution in [3.8, 4) is 0 Å².